The molecular weight excluding hydrogens is 338 g/mol. The van der Waals surface area contributed by atoms with Crippen LogP contribution < -0.4 is 14.8 Å². The fourth-order valence-corrected chi connectivity index (χ4v) is 3.27. The van der Waals surface area contributed by atoms with Crippen LogP contribution in [0.25, 0.3) is 0 Å². The number of nitrogens with zero attached hydrogens (tertiary/aromatic N) is 2. The van der Waals surface area contributed by atoms with Gasteiger partial charge in [0.2, 0.25) is 0 Å². The number of aryl methyl sites for hydroxylation is 3. The van der Waals surface area contributed by atoms with E-state index in [0.717, 1.165) is 29.4 Å². The van der Waals surface area contributed by atoms with Crippen LogP contribution in [-0.2, 0) is 13.6 Å². The number of hydrogen-bond donors (Lipinski definition) is 1. The lowest BCUT2D eigenvalue weighted by molar-refractivity contribution is 0.392. The molecule has 0 aliphatic heterocycles. The molecule has 0 saturated carbocycles. The number of ether oxygens (including phenoxy) is 2. The van der Waals surface area contributed by atoms with Gasteiger partial charge < -0.3 is 14.0 Å². The molecule has 5 nitrogen and oxygen atoms in total. The third-order valence-electron chi connectivity index (χ3n) is 4.82. The van der Waals surface area contributed by atoms with Crippen LogP contribution in [0.2, 0.25) is 0 Å². The first kappa shape index (κ1) is 19.0. The Bertz CT molecular complexity index is 895. The van der Waals surface area contributed by atoms with E-state index < -0.39 is 0 Å². The van der Waals surface area contributed by atoms with Gasteiger partial charge in [-0.05, 0) is 42.7 Å². The Kier molecular flexibility index (Phi) is 5.81. The molecule has 27 heavy (non-hydrogen) atoms. The van der Waals surface area contributed by atoms with Crippen LogP contribution in [0, 0.1) is 13.8 Å². The van der Waals surface area contributed by atoms with Crippen molar-refractivity contribution in [2.45, 2.75) is 26.4 Å². The van der Waals surface area contributed by atoms with Gasteiger partial charge in [-0.2, -0.15) is 0 Å². The molecule has 0 spiro atoms. The van der Waals surface area contributed by atoms with Crippen LogP contribution in [-0.4, -0.2) is 23.8 Å². The molecule has 2 aromatic carbocycles. The highest BCUT2D eigenvalue weighted by atomic mass is 16.5. The number of rotatable bonds is 7. The SMILES string of the molecule is COc1cc(OC)cc(C(NCc2ccc(C)cc2C)c2nccn2C)c1. The minimum atomic E-state index is -0.0882. The van der Waals surface area contributed by atoms with E-state index in [9.17, 15) is 0 Å². The average Bonchev–Trinajstić information content (AvgIpc) is 3.09. The lowest BCUT2D eigenvalue weighted by atomic mass is 10.0. The molecule has 3 rings (SSSR count). The second-order valence-corrected chi connectivity index (χ2v) is 6.79. The Hall–Kier alpha value is -2.79. The minimum absolute atomic E-state index is 0.0882. The minimum Gasteiger partial charge on any atom is -0.497 e. The van der Waals surface area contributed by atoms with Crippen LogP contribution in [0.1, 0.15) is 34.1 Å². The molecule has 142 valence electrons. The molecule has 1 unspecified atom stereocenters. The maximum Gasteiger partial charge on any atom is 0.130 e. The second kappa shape index (κ2) is 8.27. The fourth-order valence-electron chi connectivity index (χ4n) is 3.27. The highest BCUT2D eigenvalue weighted by Crippen LogP contribution is 2.29. The van der Waals surface area contributed by atoms with Gasteiger partial charge in [0.15, 0.2) is 0 Å². The van der Waals surface area contributed by atoms with E-state index in [1.807, 2.05) is 42.2 Å². The van der Waals surface area contributed by atoms with Gasteiger partial charge in [0.05, 0.1) is 20.3 Å². The molecule has 0 saturated heterocycles. The molecule has 1 heterocycles. The van der Waals surface area contributed by atoms with E-state index in [2.05, 4.69) is 42.3 Å². The highest BCUT2D eigenvalue weighted by molar-refractivity contribution is 5.42. The molecule has 3 aromatic rings. The lowest BCUT2D eigenvalue weighted by Gasteiger charge is -2.21. The van der Waals surface area contributed by atoms with Crippen molar-refractivity contribution in [2.24, 2.45) is 7.05 Å². The molecule has 0 aliphatic carbocycles. The van der Waals surface area contributed by atoms with E-state index in [-0.39, 0.29) is 6.04 Å². The van der Waals surface area contributed by atoms with Gasteiger partial charge in [0.1, 0.15) is 17.3 Å². The molecule has 1 aromatic heterocycles. The van der Waals surface area contributed by atoms with Crippen molar-refractivity contribution < 1.29 is 9.47 Å². The van der Waals surface area contributed by atoms with Crippen LogP contribution in [0.15, 0.2) is 48.8 Å². The van der Waals surface area contributed by atoms with Gasteiger partial charge in [0.25, 0.3) is 0 Å². The van der Waals surface area contributed by atoms with Crippen molar-refractivity contribution >= 4 is 0 Å². The molecule has 1 N–H and O–H groups in total. The van der Waals surface area contributed by atoms with Gasteiger partial charge in [0, 0.05) is 32.1 Å². The Labute approximate surface area is 161 Å². The van der Waals surface area contributed by atoms with E-state index in [1.165, 1.54) is 16.7 Å². The lowest BCUT2D eigenvalue weighted by Crippen LogP contribution is -2.25. The summed E-state index contributed by atoms with van der Waals surface area (Å²) in [5.41, 5.74) is 4.87. The predicted octanol–water partition coefficient (Wildman–Crippen LogP) is 3.93. The molecule has 5 heteroatoms. The smallest absolute Gasteiger partial charge is 0.130 e. The van der Waals surface area contributed by atoms with Crippen molar-refractivity contribution in [2.75, 3.05) is 14.2 Å². The molecular formula is C22H27N3O2. The number of aromatic nitrogens is 2. The summed E-state index contributed by atoms with van der Waals surface area (Å²) in [6.07, 6.45) is 3.77. The third-order valence-corrected chi connectivity index (χ3v) is 4.82. The Balaban J connectivity index is 1.96. The zero-order chi connectivity index (χ0) is 19.4. The number of imidazole rings is 1. The van der Waals surface area contributed by atoms with Gasteiger partial charge in [-0.3, -0.25) is 5.32 Å². The first-order chi connectivity index (χ1) is 13.0. The Morgan fingerprint density at radius 3 is 2.30 bits per heavy atom. The summed E-state index contributed by atoms with van der Waals surface area (Å²) < 4.78 is 12.9. The molecule has 0 amide bonds. The second-order valence-electron chi connectivity index (χ2n) is 6.79. The fraction of sp³-hybridized carbons (Fsp3) is 0.318. The van der Waals surface area contributed by atoms with Crippen molar-refractivity contribution in [3.05, 3.63) is 76.9 Å². The molecule has 0 bridgehead atoms. The monoisotopic (exact) mass is 365 g/mol. The zero-order valence-corrected chi connectivity index (χ0v) is 16.6. The third kappa shape index (κ3) is 4.31. The van der Waals surface area contributed by atoms with Crippen molar-refractivity contribution in [3.8, 4) is 11.5 Å². The number of nitrogens with one attached hydrogen (secondary N) is 1. The normalized spacial score (nSPS) is 12.0. The first-order valence-corrected chi connectivity index (χ1v) is 9.01. The highest BCUT2D eigenvalue weighted by Gasteiger charge is 2.20. The van der Waals surface area contributed by atoms with Gasteiger partial charge in [-0.25, -0.2) is 4.98 Å². The van der Waals surface area contributed by atoms with Gasteiger partial charge >= 0.3 is 0 Å². The summed E-state index contributed by atoms with van der Waals surface area (Å²) >= 11 is 0. The topological polar surface area (TPSA) is 48.3 Å². The van der Waals surface area contributed by atoms with E-state index in [0.29, 0.717) is 0 Å². The van der Waals surface area contributed by atoms with E-state index in [1.54, 1.807) is 14.2 Å². The van der Waals surface area contributed by atoms with Crippen LogP contribution in [0.3, 0.4) is 0 Å². The number of methoxy groups -OCH3 is 2. The van der Waals surface area contributed by atoms with Crippen molar-refractivity contribution in [1.29, 1.82) is 0 Å². The first-order valence-electron chi connectivity index (χ1n) is 9.01. The van der Waals surface area contributed by atoms with Crippen molar-refractivity contribution in [3.63, 3.8) is 0 Å². The Morgan fingerprint density at radius 1 is 1.04 bits per heavy atom. The van der Waals surface area contributed by atoms with Crippen LogP contribution in [0.4, 0.5) is 0 Å². The standard InChI is InChI=1S/C22H27N3O2/c1-15-6-7-17(16(2)10-15)14-24-21(22-23-8-9-25(22)3)18-11-19(26-4)13-20(12-18)27-5/h6-13,21,24H,14H2,1-5H3. The van der Waals surface area contributed by atoms with E-state index in [4.69, 9.17) is 9.47 Å². The zero-order valence-electron chi connectivity index (χ0n) is 16.6. The Morgan fingerprint density at radius 2 is 1.74 bits per heavy atom. The molecule has 1 atom stereocenters. The van der Waals surface area contributed by atoms with Crippen LogP contribution in [0.5, 0.6) is 11.5 Å². The largest absolute Gasteiger partial charge is 0.497 e. The molecule has 0 radical (unpaired) electrons. The summed E-state index contributed by atoms with van der Waals surface area (Å²) in [4.78, 5) is 4.57. The van der Waals surface area contributed by atoms with E-state index >= 15 is 0 Å². The predicted molar refractivity (Wildman–Crippen MR) is 107 cm³/mol. The molecule has 0 fully saturated rings. The average molecular weight is 365 g/mol. The quantitative estimate of drug-likeness (QED) is 0.689. The maximum atomic E-state index is 5.46. The van der Waals surface area contributed by atoms with Gasteiger partial charge in [-0.1, -0.05) is 23.8 Å². The van der Waals surface area contributed by atoms with Crippen LogP contribution >= 0.6 is 0 Å². The maximum absolute atomic E-state index is 5.46. The summed E-state index contributed by atoms with van der Waals surface area (Å²) in [7, 11) is 5.33. The number of benzene rings is 2. The summed E-state index contributed by atoms with van der Waals surface area (Å²) in [5.74, 6) is 2.46. The summed E-state index contributed by atoms with van der Waals surface area (Å²) in [6.45, 7) is 5.00. The number of hydrogen-bond acceptors (Lipinski definition) is 4. The van der Waals surface area contributed by atoms with Gasteiger partial charge in [-0.15, -0.1) is 0 Å². The summed E-state index contributed by atoms with van der Waals surface area (Å²) in [6, 6.07) is 12.4. The van der Waals surface area contributed by atoms with Crippen molar-refractivity contribution in [1.82, 2.24) is 14.9 Å². The molecule has 0 aliphatic rings. The summed E-state index contributed by atoms with van der Waals surface area (Å²) in [5, 5.41) is 3.66.